The first-order chi connectivity index (χ1) is 15.6. The summed E-state index contributed by atoms with van der Waals surface area (Å²) in [5, 5.41) is 2.73. The van der Waals surface area contributed by atoms with Crippen LogP contribution in [-0.2, 0) is 32.6 Å². The average molecular weight is 478 g/mol. The summed E-state index contributed by atoms with van der Waals surface area (Å²) in [4.78, 5) is 27.5. The lowest BCUT2D eigenvalue weighted by Crippen LogP contribution is -2.52. The zero-order valence-electron chi connectivity index (χ0n) is 19.5. The van der Waals surface area contributed by atoms with Gasteiger partial charge in [0.25, 0.3) is 0 Å². The highest BCUT2D eigenvalue weighted by Gasteiger charge is 2.31. The van der Waals surface area contributed by atoms with Gasteiger partial charge in [0.2, 0.25) is 21.8 Å². The minimum Gasteiger partial charge on any atom is -0.355 e. The summed E-state index contributed by atoms with van der Waals surface area (Å²) >= 11 is 0. The highest BCUT2D eigenvalue weighted by atomic mass is 32.2. The van der Waals surface area contributed by atoms with Crippen LogP contribution in [0.15, 0.2) is 48.5 Å². The number of hydrogen-bond donors (Lipinski definition) is 1. The van der Waals surface area contributed by atoms with Crippen molar-refractivity contribution in [3.63, 3.8) is 0 Å². The minimum absolute atomic E-state index is 0.0428. The zero-order chi connectivity index (χ0) is 24.6. The molecule has 0 saturated heterocycles. The number of hydrogen-bond acceptors (Lipinski definition) is 4. The van der Waals surface area contributed by atoms with Crippen LogP contribution < -0.4 is 9.62 Å². The van der Waals surface area contributed by atoms with E-state index in [1.54, 1.807) is 26.0 Å². The van der Waals surface area contributed by atoms with E-state index in [9.17, 15) is 22.4 Å². The molecular formula is C24H32FN3O4S. The van der Waals surface area contributed by atoms with Crippen LogP contribution in [0.2, 0.25) is 0 Å². The second-order valence-electron chi connectivity index (χ2n) is 7.76. The normalized spacial score (nSPS) is 12.2. The average Bonchev–Trinajstić information content (AvgIpc) is 2.78. The fourth-order valence-corrected chi connectivity index (χ4v) is 4.36. The molecule has 0 bridgehead atoms. The Morgan fingerprint density at radius 1 is 0.970 bits per heavy atom. The van der Waals surface area contributed by atoms with Crippen molar-refractivity contribution < 1.29 is 22.4 Å². The van der Waals surface area contributed by atoms with Crippen molar-refractivity contribution in [3.05, 3.63) is 65.5 Å². The number of anilines is 1. The van der Waals surface area contributed by atoms with Crippen molar-refractivity contribution in [1.29, 1.82) is 0 Å². The van der Waals surface area contributed by atoms with Crippen LogP contribution in [0.25, 0.3) is 0 Å². The molecule has 7 nitrogen and oxygen atoms in total. The van der Waals surface area contributed by atoms with E-state index in [1.165, 1.54) is 29.2 Å². The zero-order valence-corrected chi connectivity index (χ0v) is 20.4. The van der Waals surface area contributed by atoms with E-state index < -0.39 is 34.3 Å². The van der Waals surface area contributed by atoms with Crippen LogP contribution in [-0.4, -0.2) is 50.5 Å². The first-order valence-corrected chi connectivity index (χ1v) is 12.8. The molecule has 0 radical (unpaired) electrons. The van der Waals surface area contributed by atoms with Crippen LogP contribution in [0, 0.1) is 5.82 Å². The Balaban J connectivity index is 2.40. The standard InChI is InChI=1S/C24H32FN3O4S/c1-5-18-10-14-21(15-11-18)28(33(4,31)32)17-23(29)27(22(6-2)24(30)26-7-3)16-19-8-12-20(25)13-9-19/h8-15,22H,5-7,16-17H2,1-4H3,(H,26,30)/t22-/m1/s1. The number of halogens is 1. The Labute approximate surface area is 195 Å². The van der Waals surface area contributed by atoms with Crippen molar-refractivity contribution in [2.45, 2.75) is 46.2 Å². The molecule has 0 aliphatic heterocycles. The van der Waals surface area contributed by atoms with Gasteiger partial charge in [-0.1, -0.05) is 38.1 Å². The van der Waals surface area contributed by atoms with Crippen LogP contribution in [0.3, 0.4) is 0 Å². The summed E-state index contributed by atoms with van der Waals surface area (Å²) in [6.07, 6.45) is 2.18. The fraction of sp³-hybridized carbons (Fsp3) is 0.417. The summed E-state index contributed by atoms with van der Waals surface area (Å²) in [6, 6.07) is 11.8. The van der Waals surface area contributed by atoms with E-state index in [4.69, 9.17) is 0 Å². The molecule has 0 heterocycles. The van der Waals surface area contributed by atoms with Crippen LogP contribution in [0.4, 0.5) is 10.1 Å². The highest BCUT2D eigenvalue weighted by Crippen LogP contribution is 2.20. The molecule has 2 aromatic carbocycles. The Morgan fingerprint density at radius 3 is 2.03 bits per heavy atom. The van der Waals surface area contributed by atoms with Gasteiger partial charge in [-0.15, -0.1) is 0 Å². The van der Waals surface area contributed by atoms with Gasteiger partial charge >= 0.3 is 0 Å². The third-order valence-corrected chi connectivity index (χ3v) is 6.46. The van der Waals surface area contributed by atoms with E-state index in [2.05, 4.69) is 5.32 Å². The number of carbonyl (C=O) groups is 2. The Kier molecular flexibility index (Phi) is 9.40. The summed E-state index contributed by atoms with van der Waals surface area (Å²) in [5.41, 5.74) is 2.04. The SMILES string of the molecule is CCNC(=O)[C@@H](CC)N(Cc1ccc(F)cc1)C(=O)CN(c1ccc(CC)cc1)S(C)(=O)=O. The maximum atomic E-state index is 13.4. The molecule has 180 valence electrons. The largest absolute Gasteiger partial charge is 0.355 e. The van der Waals surface area contributed by atoms with Gasteiger partial charge in [-0.3, -0.25) is 13.9 Å². The van der Waals surface area contributed by atoms with Crippen molar-refractivity contribution in [2.24, 2.45) is 0 Å². The third-order valence-electron chi connectivity index (χ3n) is 5.31. The molecule has 1 N–H and O–H groups in total. The van der Waals surface area contributed by atoms with Gasteiger partial charge in [0, 0.05) is 13.1 Å². The van der Waals surface area contributed by atoms with E-state index in [0.717, 1.165) is 22.5 Å². The number of rotatable bonds is 11. The van der Waals surface area contributed by atoms with Crippen molar-refractivity contribution in [3.8, 4) is 0 Å². The third kappa shape index (κ3) is 7.28. The Hall–Kier alpha value is -2.94. The van der Waals surface area contributed by atoms with E-state index in [1.807, 2.05) is 19.1 Å². The molecule has 33 heavy (non-hydrogen) atoms. The lowest BCUT2D eigenvalue weighted by atomic mass is 10.1. The number of likely N-dealkylation sites (N-methyl/N-ethyl adjacent to an activating group) is 1. The molecule has 1 atom stereocenters. The topological polar surface area (TPSA) is 86.8 Å². The van der Waals surface area contributed by atoms with Crippen molar-refractivity contribution in [1.82, 2.24) is 10.2 Å². The van der Waals surface area contributed by atoms with Gasteiger partial charge in [-0.25, -0.2) is 12.8 Å². The molecule has 9 heteroatoms. The first kappa shape index (κ1) is 26.3. The predicted octanol–water partition coefficient (Wildman–Crippen LogP) is 3.10. The summed E-state index contributed by atoms with van der Waals surface area (Å²) in [7, 11) is -3.77. The second kappa shape index (κ2) is 11.8. The van der Waals surface area contributed by atoms with Gasteiger partial charge in [0.1, 0.15) is 18.4 Å². The van der Waals surface area contributed by atoms with Crippen molar-refractivity contribution >= 4 is 27.5 Å². The minimum atomic E-state index is -3.77. The molecule has 0 unspecified atom stereocenters. The smallest absolute Gasteiger partial charge is 0.244 e. The van der Waals surface area contributed by atoms with Crippen LogP contribution in [0.1, 0.15) is 38.3 Å². The molecule has 0 aliphatic carbocycles. The number of nitrogens with one attached hydrogen (secondary N) is 1. The van der Waals surface area contributed by atoms with E-state index in [0.29, 0.717) is 24.2 Å². The van der Waals surface area contributed by atoms with E-state index >= 15 is 0 Å². The molecule has 0 fully saturated rings. The predicted molar refractivity (Wildman–Crippen MR) is 128 cm³/mol. The van der Waals surface area contributed by atoms with Gasteiger partial charge in [-0.2, -0.15) is 0 Å². The van der Waals surface area contributed by atoms with Gasteiger partial charge in [-0.05, 0) is 55.2 Å². The molecule has 0 aliphatic rings. The van der Waals surface area contributed by atoms with Gasteiger partial charge < -0.3 is 10.2 Å². The Bertz CT molecular complexity index is 1040. The number of carbonyl (C=O) groups excluding carboxylic acids is 2. The quantitative estimate of drug-likeness (QED) is 0.539. The number of benzene rings is 2. The molecule has 2 amide bonds. The molecule has 0 saturated carbocycles. The molecule has 2 rings (SSSR count). The number of nitrogens with zero attached hydrogens (tertiary/aromatic N) is 2. The van der Waals surface area contributed by atoms with Gasteiger partial charge in [0.15, 0.2) is 0 Å². The summed E-state index contributed by atoms with van der Waals surface area (Å²) < 4.78 is 39.5. The first-order valence-electron chi connectivity index (χ1n) is 11.0. The van der Waals surface area contributed by atoms with Crippen LogP contribution >= 0.6 is 0 Å². The van der Waals surface area contributed by atoms with Crippen LogP contribution in [0.5, 0.6) is 0 Å². The molecule has 0 aromatic heterocycles. The molecular weight excluding hydrogens is 445 g/mol. The fourth-order valence-electron chi connectivity index (χ4n) is 3.51. The molecule has 0 spiro atoms. The maximum Gasteiger partial charge on any atom is 0.244 e. The van der Waals surface area contributed by atoms with Crippen molar-refractivity contribution in [2.75, 3.05) is 23.7 Å². The number of aryl methyl sites for hydroxylation is 1. The lowest BCUT2D eigenvalue weighted by molar-refractivity contribution is -0.140. The number of amides is 2. The van der Waals surface area contributed by atoms with E-state index in [-0.39, 0.29) is 12.5 Å². The summed E-state index contributed by atoms with van der Waals surface area (Å²) in [5.74, 6) is -1.26. The Morgan fingerprint density at radius 2 is 1.55 bits per heavy atom. The second-order valence-corrected chi connectivity index (χ2v) is 9.66. The summed E-state index contributed by atoms with van der Waals surface area (Å²) in [6.45, 7) is 5.53. The highest BCUT2D eigenvalue weighted by molar-refractivity contribution is 7.92. The molecule has 2 aromatic rings. The maximum absolute atomic E-state index is 13.4. The van der Waals surface area contributed by atoms with Gasteiger partial charge in [0.05, 0.1) is 11.9 Å². The monoisotopic (exact) mass is 477 g/mol. The lowest BCUT2D eigenvalue weighted by Gasteiger charge is -2.32. The number of sulfonamides is 1.